The first-order valence-electron chi connectivity index (χ1n) is 9.95. The molecule has 156 valence electrons. The van der Waals surface area contributed by atoms with E-state index in [4.69, 9.17) is 21.1 Å². The highest BCUT2D eigenvalue weighted by atomic mass is 35.5. The SMILES string of the molecule is O=C1COc2ccc(N3CC(CNCC4Cc5cccc(Cl)c5C4)OC3=O)nc2N1. The molecule has 2 atom stereocenters. The number of hydrogen-bond acceptors (Lipinski definition) is 6. The molecule has 3 heterocycles. The van der Waals surface area contributed by atoms with Crippen molar-refractivity contribution in [3.63, 3.8) is 0 Å². The largest absolute Gasteiger partial charge is 0.480 e. The summed E-state index contributed by atoms with van der Waals surface area (Å²) in [6.07, 6.45) is 1.25. The molecule has 2 amide bonds. The predicted octanol–water partition coefficient (Wildman–Crippen LogP) is 2.40. The van der Waals surface area contributed by atoms with Crippen LogP contribution in [0.5, 0.6) is 5.75 Å². The van der Waals surface area contributed by atoms with Crippen molar-refractivity contribution in [2.45, 2.75) is 18.9 Å². The highest BCUT2D eigenvalue weighted by Crippen LogP contribution is 2.32. The quantitative estimate of drug-likeness (QED) is 0.759. The van der Waals surface area contributed by atoms with E-state index in [1.807, 2.05) is 12.1 Å². The van der Waals surface area contributed by atoms with Gasteiger partial charge in [0.15, 0.2) is 18.2 Å². The maximum atomic E-state index is 12.3. The molecule has 0 spiro atoms. The monoisotopic (exact) mass is 428 g/mol. The zero-order valence-corrected chi connectivity index (χ0v) is 16.9. The molecule has 1 aromatic carbocycles. The number of amides is 2. The lowest BCUT2D eigenvalue weighted by Crippen LogP contribution is -2.34. The Bertz CT molecular complexity index is 1010. The van der Waals surface area contributed by atoms with Gasteiger partial charge in [0.1, 0.15) is 11.9 Å². The highest BCUT2D eigenvalue weighted by molar-refractivity contribution is 6.31. The molecule has 1 aromatic heterocycles. The minimum atomic E-state index is -0.447. The van der Waals surface area contributed by atoms with Crippen molar-refractivity contribution in [3.8, 4) is 5.75 Å². The van der Waals surface area contributed by atoms with Crippen LogP contribution in [-0.2, 0) is 22.4 Å². The number of anilines is 2. The van der Waals surface area contributed by atoms with E-state index in [-0.39, 0.29) is 18.6 Å². The van der Waals surface area contributed by atoms with Gasteiger partial charge in [0, 0.05) is 11.6 Å². The number of carbonyl (C=O) groups is 2. The summed E-state index contributed by atoms with van der Waals surface area (Å²) < 4.78 is 10.8. The van der Waals surface area contributed by atoms with Crippen LogP contribution in [0.15, 0.2) is 30.3 Å². The smallest absolute Gasteiger partial charge is 0.416 e. The molecule has 2 aliphatic heterocycles. The summed E-state index contributed by atoms with van der Waals surface area (Å²) in [4.78, 5) is 29.6. The fourth-order valence-electron chi connectivity index (χ4n) is 4.21. The van der Waals surface area contributed by atoms with E-state index < -0.39 is 6.09 Å². The summed E-state index contributed by atoms with van der Waals surface area (Å²) in [5, 5.41) is 6.92. The summed E-state index contributed by atoms with van der Waals surface area (Å²) in [6.45, 7) is 1.75. The van der Waals surface area contributed by atoms with Gasteiger partial charge in [-0.05, 0) is 54.6 Å². The Morgan fingerprint density at radius 3 is 2.97 bits per heavy atom. The standard InChI is InChI=1S/C21H21ClN4O4/c22-16-3-1-2-13-6-12(7-15(13)16)8-23-9-14-10-26(21(28)30-14)18-5-4-17-20(24-18)25-19(27)11-29-17/h1-5,12,14,23H,6-11H2,(H,24,25,27). The zero-order valence-electron chi connectivity index (χ0n) is 16.2. The van der Waals surface area contributed by atoms with Gasteiger partial charge in [0.2, 0.25) is 0 Å². The number of halogens is 1. The van der Waals surface area contributed by atoms with Gasteiger partial charge in [0.05, 0.1) is 6.54 Å². The van der Waals surface area contributed by atoms with Gasteiger partial charge < -0.3 is 20.1 Å². The molecule has 2 N–H and O–H groups in total. The van der Waals surface area contributed by atoms with Crippen LogP contribution in [0.1, 0.15) is 11.1 Å². The molecule has 1 aliphatic carbocycles. The lowest BCUT2D eigenvalue weighted by atomic mass is 10.1. The molecule has 1 saturated heterocycles. The van der Waals surface area contributed by atoms with E-state index in [0.717, 1.165) is 24.4 Å². The molecular weight excluding hydrogens is 408 g/mol. The Hall–Kier alpha value is -2.84. The number of benzene rings is 1. The second-order valence-electron chi connectivity index (χ2n) is 7.78. The van der Waals surface area contributed by atoms with Crippen molar-refractivity contribution in [3.05, 3.63) is 46.5 Å². The Labute approximate surface area is 178 Å². The van der Waals surface area contributed by atoms with Crippen molar-refractivity contribution < 1.29 is 19.1 Å². The molecule has 0 radical (unpaired) electrons. The molecule has 0 saturated carbocycles. The minimum absolute atomic E-state index is 0.0359. The Kier molecular flexibility index (Phi) is 4.96. The number of hydrogen-bond donors (Lipinski definition) is 2. The molecule has 1 fully saturated rings. The fraction of sp³-hybridized carbons (Fsp3) is 0.381. The second-order valence-corrected chi connectivity index (χ2v) is 8.19. The van der Waals surface area contributed by atoms with Gasteiger partial charge in [-0.3, -0.25) is 9.69 Å². The number of aromatic nitrogens is 1. The normalized spacial score (nSPS) is 22.2. The highest BCUT2D eigenvalue weighted by Gasteiger charge is 2.34. The molecule has 8 nitrogen and oxygen atoms in total. The molecule has 0 bridgehead atoms. The molecule has 30 heavy (non-hydrogen) atoms. The molecule has 5 rings (SSSR count). The number of ether oxygens (including phenoxy) is 2. The van der Waals surface area contributed by atoms with Gasteiger partial charge in [-0.1, -0.05) is 23.7 Å². The zero-order chi connectivity index (χ0) is 20.7. The van der Waals surface area contributed by atoms with Crippen LogP contribution in [0.4, 0.5) is 16.4 Å². The third kappa shape index (κ3) is 3.68. The second kappa shape index (κ2) is 7.77. The van der Waals surface area contributed by atoms with Gasteiger partial charge in [0.25, 0.3) is 5.91 Å². The average molecular weight is 429 g/mol. The van der Waals surface area contributed by atoms with Gasteiger partial charge in [-0.25, -0.2) is 9.78 Å². The minimum Gasteiger partial charge on any atom is -0.480 e. The third-order valence-corrected chi connectivity index (χ3v) is 5.99. The van der Waals surface area contributed by atoms with Crippen LogP contribution in [-0.4, -0.2) is 49.3 Å². The Morgan fingerprint density at radius 1 is 1.20 bits per heavy atom. The molecule has 2 unspecified atom stereocenters. The van der Waals surface area contributed by atoms with E-state index in [1.165, 1.54) is 16.0 Å². The number of fused-ring (bicyclic) bond motifs is 2. The maximum Gasteiger partial charge on any atom is 0.416 e. The summed E-state index contributed by atoms with van der Waals surface area (Å²) in [7, 11) is 0. The fourth-order valence-corrected chi connectivity index (χ4v) is 4.48. The lowest BCUT2D eigenvalue weighted by molar-refractivity contribution is -0.118. The van der Waals surface area contributed by atoms with Crippen molar-refractivity contribution in [2.75, 3.05) is 36.5 Å². The van der Waals surface area contributed by atoms with Gasteiger partial charge in [-0.2, -0.15) is 0 Å². The van der Waals surface area contributed by atoms with E-state index in [1.54, 1.807) is 12.1 Å². The number of carbonyl (C=O) groups excluding carboxylic acids is 2. The number of nitrogens with one attached hydrogen (secondary N) is 2. The van der Waals surface area contributed by atoms with Crippen molar-refractivity contribution >= 4 is 35.2 Å². The maximum absolute atomic E-state index is 12.3. The van der Waals surface area contributed by atoms with Crippen LogP contribution in [0, 0.1) is 5.92 Å². The summed E-state index contributed by atoms with van der Waals surface area (Å²) in [5.41, 5.74) is 2.57. The van der Waals surface area contributed by atoms with E-state index in [9.17, 15) is 9.59 Å². The number of rotatable bonds is 5. The first-order chi connectivity index (χ1) is 14.6. The van der Waals surface area contributed by atoms with E-state index in [2.05, 4.69) is 21.7 Å². The summed E-state index contributed by atoms with van der Waals surface area (Å²) in [6, 6.07) is 9.45. The number of cyclic esters (lactones) is 1. The van der Waals surface area contributed by atoms with Gasteiger partial charge >= 0.3 is 6.09 Å². The van der Waals surface area contributed by atoms with E-state index >= 15 is 0 Å². The van der Waals surface area contributed by atoms with Gasteiger partial charge in [-0.15, -0.1) is 0 Å². The molecule has 3 aliphatic rings. The first-order valence-corrected chi connectivity index (χ1v) is 10.3. The predicted molar refractivity (Wildman–Crippen MR) is 111 cm³/mol. The summed E-state index contributed by atoms with van der Waals surface area (Å²) in [5.74, 6) is 1.44. The van der Waals surface area contributed by atoms with Crippen LogP contribution in [0.25, 0.3) is 0 Å². The van der Waals surface area contributed by atoms with E-state index in [0.29, 0.717) is 36.4 Å². The first kappa shape index (κ1) is 19.1. The number of nitrogens with zero attached hydrogens (tertiary/aromatic N) is 2. The topological polar surface area (TPSA) is 92.8 Å². The van der Waals surface area contributed by atoms with Crippen molar-refractivity contribution in [2.24, 2.45) is 5.92 Å². The third-order valence-electron chi connectivity index (χ3n) is 5.63. The van der Waals surface area contributed by atoms with Crippen molar-refractivity contribution in [1.82, 2.24) is 10.3 Å². The van der Waals surface area contributed by atoms with Crippen LogP contribution in [0.2, 0.25) is 5.02 Å². The Morgan fingerprint density at radius 2 is 2.10 bits per heavy atom. The van der Waals surface area contributed by atoms with Crippen LogP contribution >= 0.6 is 11.6 Å². The van der Waals surface area contributed by atoms with Crippen LogP contribution < -0.4 is 20.3 Å². The molecule has 2 aromatic rings. The van der Waals surface area contributed by atoms with Crippen LogP contribution in [0.3, 0.4) is 0 Å². The lowest BCUT2D eigenvalue weighted by Gasteiger charge is -2.19. The van der Waals surface area contributed by atoms with Crippen molar-refractivity contribution in [1.29, 1.82) is 0 Å². The Balaban J connectivity index is 1.15. The average Bonchev–Trinajstić information content (AvgIpc) is 3.31. The summed E-state index contributed by atoms with van der Waals surface area (Å²) >= 11 is 6.29. The number of pyridine rings is 1. The molecule has 9 heteroatoms. The molecular formula is C21H21ClN4O4.